The van der Waals surface area contributed by atoms with Gasteiger partial charge in [0.25, 0.3) is 10.0 Å². The first-order valence-electron chi connectivity index (χ1n) is 7.90. The molecular weight excluding hydrogens is 334 g/mol. The van der Waals surface area contributed by atoms with Gasteiger partial charge in [-0.3, -0.25) is 4.79 Å². The van der Waals surface area contributed by atoms with E-state index >= 15 is 0 Å². The van der Waals surface area contributed by atoms with E-state index in [4.69, 9.17) is 0 Å². The van der Waals surface area contributed by atoms with Crippen molar-refractivity contribution >= 4 is 26.7 Å². The number of allylic oxidation sites excluding steroid dienone is 1. The lowest BCUT2D eigenvalue weighted by Gasteiger charge is -2.09. The number of Topliss-reactive ketones (excluding diaryl/α,β-unsaturated/α-hetero) is 1. The first-order valence-corrected chi connectivity index (χ1v) is 9.34. The molecule has 25 heavy (non-hydrogen) atoms. The number of aryl methyl sites for hydroxylation is 1. The number of benzene rings is 2. The van der Waals surface area contributed by atoms with Crippen molar-refractivity contribution in [3.8, 4) is 0 Å². The Bertz CT molecular complexity index is 1070. The Labute approximate surface area is 147 Å². The van der Waals surface area contributed by atoms with Gasteiger partial charge >= 0.3 is 0 Å². The Balaban J connectivity index is 2.14. The van der Waals surface area contributed by atoms with Crippen LogP contribution in [-0.2, 0) is 10.0 Å². The number of hydrogen-bond donors (Lipinski definition) is 0. The number of rotatable bonds is 5. The largest absolute Gasteiger partial charge is 0.294 e. The summed E-state index contributed by atoms with van der Waals surface area (Å²) >= 11 is 0. The van der Waals surface area contributed by atoms with Gasteiger partial charge in [0.05, 0.1) is 10.4 Å². The molecule has 4 nitrogen and oxygen atoms in total. The van der Waals surface area contributed by atoms with Crippen molar-refractivity contribution in [1.82, 2.24) is 3.97 Å². The van der Waals surface area contributed by atoms with Gasteiger partial charge in [0.1, 0.15) is 0 Å². The van der Waals surface area contributed by atoms with E-state index in [9.17, 15) is 13.2 Å². The predicted octanol–water partition coefficient (Wildman–Crippen LogP) is 4.34. The van der Waals surface area contributed by atoms with Crippen molar-refractivity contribution in [2.75, 3.05) is 0 Å². The van der Waals surface area contributed by atoms with Crippen LogP contribution >= 0.6 is 0 Å². The summed E-state index contributed by atoms with van der Waals surface area (Å²) in [7, 11) is -3.72. The minimum atomic E-state index is -3.72. The van der Waals surface area contributed by atoms with E-state index in [1.165, 1.54) is 10.2 Å². The standard InChI is InChI=1S/C20H19NO3S/c1-14(2)13-20(22)18-5-4-6-19-17(18)11-12-21(19)25(23,24)16-9-7-15(3)8-10-16/h4-12H,1,13H2,2-3H3. The molecular formula is C20H19NO3S. The van der Waals surface area contributed by atoms with Crippen molar-refractivity contribution in [3.63, 3.8) is 0 Å². The molecule has 0 spiro atoms. The molecule has 0 radical (unpaired) electrons. The van der Waals surface area contributed by atoms with Gasteiger partial charge in [0.2, 0.25) is 0 Å². The third-order valence-electron chi connectivity index (χ3n) is 4.04. The van der Waals surface area contributed by atoms with E-state index < -0.39 is 10.0 Å². The van der Waals surface area contributed by atoms with Gasteiger partial charge in [-0.05, 0) is 38.1 Å². The summed E-state index contributed by atoms with van der Waals surface area (Å²) in [6, 6.07) is 13.5. The first kappa shape index (κ1) is 17.2. The van der Waals surface area contributed by atoms with Crippen molar-refractivity contribution in [3.05, 3.63) is 78.0 Å². The molecule has 0 atom stereocenters. The monoisotopic (exact) mass is 353 g/mol. The summed E-state index contributed by atoms with van der Waals surface area (Å²) in [5.74, 6) is -0.0661. The fourth-order valence-electron chi connectivity index (χ4n) is 2.79. The number of carbonyl (C=O) groups is 1. The second-order valence-electron chi connectivity index (χ2n) is 6.23. The summed E-state index contributed by atoms with van der Waals surface area (Å²) in [5.41, 5.74) is 2.77. The van der Waals surface area contributed by atoms with Crippen LogP contribution in [0.25, 0.3) is 10.9 Å². The van der Waals surface area contributed by atoms with Crippen molar-refractivity contribution < 1.29 is 13.2 Å². The lowest BCUT2D eigenvalue weighted by Crippen LogP contribution is -2.12. The lowest BCUT2D eigenvalue weighted by atomic mass is 10.0. The molecule has 1 heterocycles. The smallest absolute Gasteiger partial charge is 0.268 e. The third-order valence-corrected chi connectivity index (χ3v) is 5.74. The average molecular weight is 353 g/mol. The number of aromatic nitrogens is 1. The average Bonchev–Trinajstić information content (AvgIpc) is 2.99. The van der Waals surface area contributed by atoms with Crippen LogP contribution in [0.3, 0.4) is 0 Å². The SMILES string of the molecule is C=C(C)CC(=O)c1cccc2c1ccn2S(=O)(=O)c1ccc(C)cc1. The number of hydrogen-bond acceptors (Lipinski definition) is 3. The van der Waals surface area contributed by atoms with Gasteiger partial charge in [-0.1, -0.05) is 42.0 Å². The van der Waals surface area contributed by atoms with Crippen LogP contribution in [0, 0.1) is 6.92 Å². The molecule has 0 aliphatic rings. The van der Waals surface area contributed by atoms with Crippen LogP contribution in [0.1, 0.15) is 29.3 Å². The lowest BCUT2D eigenvalue weighted by molar-refractivity contribution is 0.0994. The highest BCUT2D eigenvalue weighted by Gasteiger charge is 2.20. The maximum Gasteiger partial charge on any atom is 0.268 e. The summed E-state index contributed by atoms with van der Waals surface area (Å²) in [6.07, 6.45) is 1.74. The molecule has 0 aliphatic carbocycles. The zero-order valence-electron chi connectivity index (χ0n) is 14.2. The van der Waals surface area contributed by atoms with Crippen LogP contribution in [0.4, 0.5) is 0 Å². The van der Waals surface area contributed by atoms with Crippen molar-refractivity contribution in [1.29, 1.82) is 0 Å². The van der Waals surface area contributed by atoms with Crippen LogP contribution in [0.5, 0.6) is 0 Å². The highest BCUT2D eigenvalue weighted by atomic mass is 32.2. The van der Waals surface area contributed by atoms with E-state index in [0.717, 1.165) is 11.1 Å². The third kappa shape index (κ3) is 3.15. The molecule has 3 rings (SSSR count). The molecule has 5 heteroatoms. The highest BCUT2D eigenvalue weighted by molar-refractivity contribution is 7.90. The maximum absolute atomic E-state index is 12.9. The van der Waals surface area contributed by atoms with Gasteiger partial charge in [-0.25, -0.2) is 12.4 Å². The van der Waals surface area contributed by atoms with Gasteiger partial charge in [0, 0.05) is 23.6 Å². The van der Waals surface area contributed by atoms with Crippen LogP contribution < -0.4 is 0 Å². The van der Waals surface area contributed by atoms with E-state index in [2.05, 4.69) is 6.58 Å². The Morgan fingerprint density at radius 1 is 1.08 bits per heavy atom. The van der Waals surface area contributed by atoms with Crippen LogP contribution in [0.15, 0.2) is 71.8 Å². The van der Waals surface area contributed by atoms with E-state index in [-0.39, 0.29) is 17.1 Å². The number of nitrogens with zero attached hydrogens (tertiary/aromatic N) is 1. The predicted molar refractivity (Wildman–Crippen MR) is 99.5 cm³/mol. The fraction of sp³-hybridized carbons (Fsp3) is 0.150. The number of carbonyl (C=O) groups excluding carboxylic acids is 1. The molecule has 0 N–H and O–H groups in total. The molecule has 1 aromatic heterocycles. The Kier molecular flexibility index (Phi) is 4.35. The van der Waals surface area contributed by atoms with Crippen LogP contribution in [-0.4, -0.2) is 18.2 Å². The van der Waals surface area contributed by atoms with Gasteiger partial charge < -0.3 is 0 Å². The van der Waals surface area contributed by atoms with E-state index in [0.29, 0.717) is 16.5 Å². The number of fused-ring (bicyclic) bond motifs is 1. The minimum absolute atomic E-state index is 0.0661. The second kappa shape index (κ2) is 6.33. The van der Waals surface area contributed by atoms with Gasteiger partial charge in [0.15, 0.2) is 5.78 Å². The molecule has 0 fully saturated rings. The zero-order valence-corrected chi connectivity index (χ0v) is 15.0. The number of ketones is 1. The summed E-state index contributed by atoms with van der Waals surface area (Å²) in [6.45, 7) is 7.47. The summed E-state index contributed by atoms with van der Waals surface area (Å²) in [5, 5.41) is 0.629. The molecule has 0 amide bonds. The summed E-state index contributed by atoms with van der Waals surface area (Å²) < 4.78 is 27.1. The first-order chi connectivity index (χ1) is 11.8. The molecule has 0 saturated carbocycles. The molecule has 3 aromatic rings. The van der Waals surface area contributed by atoms with Gasteiger partial charge in [-0.2, -0.15) is 0 Å². The highest BCUT2D eigenvalue weighted by Crippen LogP contribution is 2.26. The zero-order chi connectivity index (χ0) is 18.2. The van der Waals surface area contributed by atoms with Crippen molar-refractivity contribution in [2.24, 2.45) is 0 Å². The van der Waals surface area contributed by atoms with Gasteiger partial charge in [-0.15, -0.1) is 0 Å². The summed E-state index contributed by atoms with van der Waals surface area (Å²) in [4.78, 5) is 12.6. The van der Waals surface area contributed by atoms with Crippen molar-refractivity contribution in [2.45, 2.75) is 25.2 Å². The second-order valence-corrected chi connectivity index (χ2v) is 8.04. The fourth-order valence-corrected chi connectivity index (χ4v) is 4.14. The molecule has 0 aliphatic heterocycles. The quantitative estimate of drug-likeness (QED) is 0.506. The molecule has 0 unspecified atom stereocenters. The topological polar surface area (TPSA) is 56.1 Å². The molecule has 128 valence electrons. The molecule has 0 saturated heterocycles. The normalized spacial score (nSPS) is 11.6. The van der Waals surface area contributed by atoms with Crippen LogP contribution in [0.2, 0.25) is 0 Å². The molecule has 2 aromatic carbocycles. The Morgan fingerprint density at radius 3 is 2.40 bits per heavy atom. The van der Waals surface area contributed by atoms with E-state index in [1.54, 1.807) is 55.5 Å². The maximum atomic E-state index is 12.9. The molecule has 0 bridgehead atoms. The minimum Gasteiger partial charge on any atom is -0.294 e. The van der Waals surface area contributed by atoms with E-state index in [1.807, 2.05) is 6.92 Å². The Morgan fingerprint density at radius 2 is 1.76 bits per heavy atom. The Hall–Kier alpha value is -2.66.